The smallest absolute Gasteiger partial charge is 0.224 e. The standard InChI is InChI=1S/C12H13Cl2N3S/c1-7(5-9-4-3-8(2)18-9)16-11-10(13)6-15-12(14)17-11/h3-4,6-7H,5H2,1-2H3,(H,15,16,17). The molecular weight excluding hydrogens is 289 g/mol. The highest BCUT2D eigenvalue weighted by Crippen LogP contribution is 2.22. The van der Waals surface area contributed by atoms with Crippen LogP contribution in [-0.2, 0) is 6.42 Å². The molecule has 96 valence electrons. The second-order valence-electron chi connectivity index (χ2n) is 4.10. The monoisotopic (exact) mass is 301 g/mol. The largest absolute Gasteiger partial charge is 0.366 e. The van der Waals surface area contributed by atoms with Gasteiger partial charge in [-0.05, 0) is 37.6 Å². The maximum Gasteiger partial charge on any atom is 0.224 e. The van der Waals surface area contributed by atoms with Gasteiger partial charge in [0.25, 0.3) is 0 Å². The first-order chi connectivity index (χ1) is 8.54. The molecular formula is C12H13Cl2N3S. The maximum atomic E-state index is 6.00. The van der Waals surface area contributed by atoms with Crippen LogP contribution in [0.25, 0.3) is 0 Å². The first-order valence-corrected chi connectivity index (χ1v) is 7.11. The van der Waals surface area contributed by atoms with E-state index in [1.165, 1.54) is 16.0 Å². The highest BCUT2D eigenvalue weighted by atomic mass is 35.5. The summed E-state index contributed by atoms with van der Waals surface area (Å²) < 4.78 is 0. The van der Waals surface area contributed by atoms with Crippen LogP contribution in [0.15, 0.2) is 18.3 Å². The fourth-order valence-electron chi connectivity index (χ4n) is 1.63. The molecule has 1 atom stereocenters. The van der Waals surface area contributed by atoms with E-state index in [1.54, 1.807) is 11.3 Å². The number of nitrogens with zero attached hydrogens (tertiary/aromatic N) is 2. The summed E-state index contributed by atoms with van der Waals surface area (Å²) in [6.07, 6.45) is 2.43. The third kappa shape index (κ3) is 3.57. The van der Waals surface area contributed by atoms with E-state index in [-0.39, 0.29) is 11.3 Å². The minimum absolute atomic E-state index is 0.195. The lowest BCUT2D eigenvalue weighted by atomic mass is 10.2. The molecule has 0 fully saturated rings. The number of anilines is 1. The van der Waals surface area contributed by atoms with E-state index in [0.29, 0.717) is 10.8 Å². The zero-order valence-corrected chi connectivity index (χ0v) is 12.4. The molecule has 0 saturated carbocycles. The molecule has 3 nitrogen and oxygen atoms in total. The van der Waals surface area contributed by atoms with Crippen molar-refractivity contribution in [3.05, 3.63) is 38.4 Å². The lowest BCUT2D eigenvalue weighted by Crippen LogP contribution is -2.18. The second kappa shape index (κ2) is 5.87. The molecule has 1 unspecified atom stereocenters. The van der Waals surface area contributed by atoms with Crippen LogP contribution in [0.2, 0.25) is 10.3 Å². The highest BCUT2D eigenvalue weighted by Gasteiger charge is 2.09. The predicted molar refractivity (Wildman–Crippen MR) is 77.9 cm³/mol. The van der Waals surface area contributed by atoms with Gasteiger partial charge in [0.15, 0.2) is 0 Å². The quantitative estimate of drug-likeness (QED) is 0.860. The van der Waals surface area contributed by atoms with E-state index < -0.39 is 0 Å². The lowest BCUT2D eigenvalue weighted by molar-refractivity contribution is 0.793. The minimum atomic E-state index is 0.195. The Kier molecular flexibility index (Phi) is 4.43. The van der Waals surface area contributed by atoms with Gasteiger partial charge < -0.3 is 5.32 Å². The van der Waals surface area contributed by atoms with Crippen LogP contribution >= 0.6 is 34.5 Å². The first kappa shape index (κ1) is 13.6. The Morgan fingerprint density at radius 1 is 1.39 bits per heavy atom. The number of hydrogen-bond donors (Lipinski definition) is 1. The van der Waals surface area contributed by atoms with Crippen molar-refractivity contribution >= 4 is 40.4 Å². The molecule has 0 radical (unpaired) electrons. The van der Waals surface area contributed by atoms with E-state index in [4.69, 9.17) is 23.2 Å². The summed E-state index contributed by atoms with van der Waals surface area (Å²) in [5.74, 6) is 0.581. The van der Waals surface area contributed by atoms with E-state index in [9.17, 15) is 0 Å². The number of nitrogens with one attached hydrogen (secondary N) is 1. The van der Waals surface area contributed by atoms with Gasteiger partial charge in [0, 0.05) is 22.2 Å². The fraction of sp³-hybridized carbons (Fsp3) is 0.333. The van der Waals surface area contributed by atoms with Gasteiger partial charge in [0.05, 0.1) is 6.20 Å². The summed E-state index contributed by atoms with van der Waals surface area (Å²) in [4.78, 5) is 10.5. The Labute approximate surface area is 120 Å². The van der Waals surface area contributed by atoms with Crippen molar-refractivity contribution in [1.82, 2.24) is 9.97 Å². The molecule has 0 aliphatic carbocycles. The van der Waals surface area contributed by atoms with Crippen molar-refractivity contribution in [3.63, 3.8) is 0 Å². The number of thiophene rings is 1. The van der Waals surface area contributed by atoms with Gasteiger partial charge >= 0.3 is 0 Å². The molecule has 0 aromatic carbocycles. The summed E-state index contributed by atoms with van der Waals surface area (Å²) in [7, 11) is 0. The van der Waals surface area contributed by atoms with Crippen LogP contribution in [0.4, 0.5) is 5.82 Å². The molecule has 2 aromatic heterocycles. The van der Waals surface area contributed by atoms with Gasteiger partial charge in [0.2, 0.25) is 5.28 Å². The molecule has 18 heavy (non-hydrogen) atoms. The normalized spacial score (nSPS) is 12.4. The van der Waals surface area contributed by atoms with Crippen LogP contribution < -0.4 is 5.32 Å². The Morgan fingerprint density at radius 3 is 2.83 bits per heavy atom. The van der Waals surface area contributed by atoms with Crippen LogP contribution in [0.5, 0.6) is 0 Å². The van der Waals surface area contributed by atoms with Crippen LogP contribution in [0.1, 0.15) is 16.7 Å². The third-order valence-electron chi connectivity index (χ3n) is 2.40. The Hall–Kier alpha value is -0.840. The van der Waals surface area contributed by atoms with Crippen LogP contribution in [-0.4, -0.2) is 16.0 Å². The SMILES string of the molecule is Cc1ccc(CC(C)Nc2nc(Cl)ncc2Cl)s1. The summed E-state index contributed by atoms with van der Waals surface area (Å²) in [6, 6.07) is 4.50. The van der Waals surface area contributed by atoms with Crippen LogP contribution in [0.3, 0.4) is 0 Å². The molecule has 1 N–H and O–H groups in total. The van der Waals surface area contributed by atoms with Crippen molar-refractivity contribution in [2.24, 2.45) is 0 Å². The molecule has 0 amide bonds. The molecule has 0 saturated heterocycles. The van der Waals surface area contributed by atoms with Crippen molar-refractivity contribution in [2.45, 2.75) is 26.3 Å². The van der Waals surface area contributed by atoms with Gasteiger partial charge in [-0.3, -0.25) is 0 Å². The summed E-state index contributed by atoms with van der Waals surface area (Å²) in [5, 5.41) is 3.92. The number of aromatic nitrogens is 2. The second-order valence-corrected chi connectivity index (χ2v) is 6.22. The van der Waals surface area contributed by atoms with Gasteiger partial charge in [-0.25, -0.2) is 4.98 Å². The van der Waals surface area contributed by atoms with Crippen LogP contribution in [0, 0.1) is 6.92 Å². The molecule has 0 spiro atoms. The zero-order valence-electron chi connectivity index (χ0n) is 10.1. The third-order valence-corrected chi connectivity index (χ3v) is 3.88. The van der Waals surface area contributed by atoms with E-state index in [2.05, 4.69) is 41.3 Å². The average Bonchev–Trinajstić information content (AvgIpc) is 2.69. The van der Waals surface area contributed by atoms with Crippen molar-refractivity contribution in [3.8, 4) is 0 Å². The first-order valence-electron chi connectivity index (χ1n) is 5.54. The average molecular weight is 302 g/mol. The van der Waals surface area contributed by atoms with E-state index >= 15 is 0 Å². The molecule has 2 aromatic rings. The molecule has 0 aliphatic rings. The summed E-state index contributed by atoms with van der Waals surface area (Å²) >= 11 is 13.6. The highest BCUT2D eigenvalue weighted by molar-refractivity contribution is 7.11. The van der Waals surface area contributed by atoms with Crippen molar-refractivity contribution < 1.29 is 0 Å². The Morgan fingerprint density at radius 2 is 2.17 bits per heavy atom. The van der Waals surface area contributed by atoms with Gasteiger partial charge in [-0.15, -0.1) is 11.3 Å². The van der Waals surface area contributed by atoms with Gasteiger partial charge in [-0.1, -0.05) is 11.6 Å². The molecule has 2 heterocycles. The maximum absolute atomic E-state index is 6.00. The molecule has 0 aliphatic heterocycles. The molecule has 2 rings (SSSR count). The van der Waals surface area contributed by atoms with E-state index in [0.717, 1.165) is 6.42 Å². The predicted octanol–water partition coefficient (Wildman–Crippen LogP) is 4.20. The number of aryl methyl sites for hydroxylation is 1. The topological polar surface area (TPSA) is 37.8 Å². The lowest BCUT2D eigenvalue weighted by Gasteiger charge is -2.14. The number of rotatable bonds is 4. The summed E-state index contributed by atoms with van der Waals surface area (Å²) in [6.45, 7) is 4.19. The Bertz CT molecular complexity index is 542. The molecule has 0 bridgehead atoms. The fourth-order valence-corrected chi connectivity index (χ4v) is 2.93. The number of halogens is 2. The minimum Gasteiger partial charge on any atom is -0.366 e. The van der Waals surface area contributed by atoms with Crippen molar-refractivity contribution in [2.75, 3.05) is 5.32 Å². The zero-order chi connectivity index (χ0) is 13.1. The van der Waals surface area contributed by atoms with E-state index in [1.807, 2.05) is 0 Å². The number of hydrogen-bond acceptors (Lipinski definition) is 4. The van der Waals surface area contributed by atoms with Gasteiger partial charge in [-0.2, -0.15) is 4.98 Å². The van der Waals surface area contributed by atoms with Gasteiger partial charge in [0.1, 0.15) is 10.8 Å². The van der Waals surface area contributed by atoms with Crippen molar-refractivity contribution in [1.29, 1.82) is 0 Å². The molecule has 6 heteroatoms. The summed E-state index contributed by atoms with van der Waals surface area (Å²) in [5.41, 5.74) is 0. The Balaban J connectivity index is 2.02.